The van der Waals surface area contributed by atoms with E-state index in [0.29, 0.717) is 29.1 Å². The highest BCUT2D eigenvalue weighted by molar-refractivity contribution is 5.87. The summed E-state index contributed by atoms with van der Waals surface area (Å²) < 4.78 is 11.4. The fourth-order valence-electron chi connectivity index (χ4n) is 5.65. The van der Waals surface area contributed by atoms with Gasteiger partial charge in [0.05, 0.1) is 11.5 Å². The quantitative estimate of drug-likeness (QED) is 0.727. The summed E-state index contributed by atoms with van der Waals surface area (Å²) in [7, 11) is 0. The van der Waals surface area contributed by atoms with Gasteiger partial charge in [0.25, 0.3) is 0 Å². The van der Waals surface area contributed by atoms with E-state index >= 15 is 0 Å². The lowest BCUT2D eigenvalue weighted by Crippen LogP contribution is -2.61. The van der Waals surface area contributed by atoms with Gasteiger partial charge in [-0.1, -0.05) is 13.8 Å². The van der Waals surface area contributed by atoms with Crippen molar-refractivity contribution < 1.29 is 19.4 Å². The summed E-state index contributed by atoms with van der Waals surface area (Å²) in [5.41, 5.74) is -0.0571. The molecule has 2 aromatic rings. The van der Waals surface area contributed by atoms with Crippen LogP contribution < -0.4 is 10.4 Å². The van der Waals surface area contributed by atoms with Crippen molar-refractivity contribution in [2.75, 3.05) is 0 Å². The Hall–Kier alpha value is -2.01. The molecule has 5 nitrogen and oxygen atoms in total. The summed E-state index contributed by atoms with van der Waals surface area (Å²) in [5, 5.41) is 22.0. The van der Waals surface area contributed by atoms with Gasteiger partial charge in [-0.15, -0.1) is 0 Å². The molecular formula is C19H20O5. The molecule has 1 aromatic carbocycles. The Morgan fingerprint density at radius 1 is 1.25 bits per heavy atom. The molecule has 0 radical (unpaired) electrons. The zero-order chi connectivity index (χ0) is 17.0. The third-order valence-corrected chi connectivity index (χ3v) is 6.89. The Morgan fingerprint density at radius 2 is 2.00 bits per heavy atom. The first-order valence-corrected chi connectivity index (χ1v) is 8.42. The molecule has 1 aliphatic heterocycles. The molecule has 2 aliphatic carbocycles. The average Bonchev–Trinajstić information content (AvgIpc) is 2.76. The number of aliphatic hydroxyl groups is 1. The second kappa shape index (κ2) is 3.97. The van der Waals surface area contributed by atoms with E-state index < -0.39 is 17.3 Å². The van der Waals surface area contributed by atoms with Crippen LogP contribution in [0.15, 0.2) is 27.4 Å². The SMILES string of the molecule is CC1(C)[C@@H]2c3c(cc4oc(=O)ccc4c3O)O[C@@]3(C)[C@@H]2[C@@H]1C[C@@H]3O. The maximum Gasteiger partial charge on any atom is 0.336 e. The highest BCUT2D eigenvalue weighted by Gasteiger charge is 2.72. The zero-order valence-electron chi connectivity index (χ0n) is 13.9. The first-order chi connectivity index (χ1) is 11.2. The fourth-order valence-corrected chi connectivity index (χ4v) is 5.65. The van der Waals surface area contributed by atoms with Crippen LogP contribution in [0.2, 0.25) is 0 Å². The van der Waals surface area contributed by atoms with Crippen molar-refractivity contribution in [2.45, 2.75) is 44.8 Å². The number of phenolic OH excluding ortho intramolecular Hbond substituents is 1. The van der Waals surface area contributed by atoms with Crippen LogP contribution >= 0.6 is 0 Å². The van der Waals surface area contributed by atoms with Crippen molar-refractivity contribution in [2.24, 2.45) is 17.3 Å². The Morgan fingerprint density at radius 3 is 2.75 bits per heavy atom. The molecule has 5 rings (SSSR count). The van der Waals surface area contributed by atoms with E-state index in [2.05, 4.69) is 13.8 Å². The minimum Gasteiger partial charge on any atom is -0.507 e. The second-order valence-electron chi connectivity index (χ2n) is 8.27. The first-order valence-electron chi connectivity index (χ1n) is 8.42. The van der Waals surface area contributed by atoms with Crippen LogP contribution in [0.5, 0.6) is 11.5 Å². The molecule has 0 spiro atoms. The van der Waals surface area contributed by atoms with Crippen LogP contribution in [-0.2, 0) is 0 Å². The van der Waals surface area contributed by atoms with E-state index in [0.717, 1.165) is 5.56 Å². The molecular weight excluding hydrogens is 308 g/mol. The van der Waals surface area contributed by atoms with Crippen LogP contribution in [0, 0.1) is 17.3 Å². The summed E-state index contributed by atoms with van der Waals surface area (Å²) >= 11 is 0. The summed E-state index contributed by atoms with van der Waals surface area (Å²) in [5.74, 6) is 1.33. The molecule has 0 saturated heterocycles. The van der Waals surface area contributed by atoms with Crippen molar-refractivity contribution in [3.63, 3.8) is 0 Å². The van der Waals surface area contributed by atoms with E-state index in [-0.39, 0.29) is 23.0 Å². The lowest BCUT2D eigenvalue weighted by molar-refractivity contribution is -0.138. The van der Waals surface area contributed by atoms with Crippen LogP contribution in [0.3, 0.4) is 0 Å². The molecule has 0 unspecified atom stereocenters. The standard InChI is InChI=1S/C19H20O5/c1-18(2)9-6-12(20)19(3)15(9)16(18)14-11(24-19)7-10-8(17(14)22)4-5-13(21)23-10/h4-5,7,9,12,15-16,20,22H,6H2,1-3H3/t9-,12-,15+,16+,19+/m0/s1. The Bertz CT molecular complexity index is 943. The molecule has 126 valence electrons. The Labute approximate surface area is 138 Å². The minimum absolute atomic E-state index is 0.0251. The highest BCUT2D eigenvalue weighted by Crippen LogP contribution is 2.74. The van der Waals surface area contributed by atoms with E-state index in [4.69, 9.17) is 9.15 Å². The van der Waals surface area contributed by atoms with Gasteiger partial charge < -0.3 is 19.4 Å². The molecule has 5 atom stereocenters. The van der Waals surface area contributed by atoms with E-state index in [9.17, 15) is 15.0 Å². The van der Waals surface area contributed by atoms with Crippen molar-refractivity contribution in [1.29, 1.82) is 0 Å². The monoisotopic (exact) mass is 328 g/mol. The first kappa shape index (κ1) is 14.3. The fraction of sp³-hybridized carbons (Fsp3) is 0.526. The lowest BCUT2D eigenvalue weighted by Gasteiger charge is -2.62. The summed E-state index contributed by atoms with van der Waals surface area (Å²) in [6.45, 7) is 6.35. The van der Waals surface area contributed by atoms with Crippen molar-refractivity contribution in [3.8, 4) is 11.5 Å². The van der Waals surface area contributed by atoms with Gasteiger partial charge in [-0.25, -0.2) is 4.79 Å². The van der Waals surface area contributed by atoms with E-state index in [1.54, 1.807) is 12.1 Å². The van der Waals surface area contributed by atoms with E-state index in [1.807, 2.05) is 6.92 Å². The maximum atomic E-state index is 11.5. The number of aliphatic hydroxyl groups excluding tert-OH is 1. The third-order valence-electron chi connectivity index (χ3n) is 6.89. The number of ether oxygens (including phenoxy) is 1. The van der Waals surface area contributed by atoms with E-state index in [1.165, 1.54) is 6.07 Å². The topological polar surface area (TPSA) is 79.9 Å². The number of phenols is 1. The second-order valence-corrected chi connectivity index (χ2v) is 8.27. The van der Waals surface area contributed by atoms with Gasteiger partial charge in [-0.05, 0) is 30.7 Å². The predicted molar refractivity (Wildman–Crippen MR) is 87.3 cm³/mol. The molecule has 2 N–H and O–H groups in total. The number of fused-ring (bicyclic) bond motifs is 3. The van der Waals surface area contributed by atoms with Crippen LogP contribution in [0.1, 0.15) is 38.7 Å². The van der Waals surface area contributed by atoms with Gasteiger partial charge in [0.15, 0.2) is 0 Å². The summed E-state index contributed by atoms with van der Waals surface area (Å²) in [4.78, 5) is 11.5. The van der Waals surface area contributed by atoms with Gasteiger partial charge >= 0.3 is 5.63 Å². The Balaban J connectivity index is 1.83. The van der Waals surface area contributed by atoms with Gasteiger partial charge in [0, 0.05) is 29.5 Å². The number of hydrogen-bond donors (Lipinski definition) is 2. The zero-order valence-corrected chi connectivity index (χ0v) is 13.9. The van der Waals surface area contributed by atoms with Crippen LogP contribution in [-0.4, -0.2) is 21.9 Å². The molecule has 2 saturated carbocycles. The van der Waals surface area contributed by atoms with Crippen molar-refractivity contribution in [1.82, 2.24) is 0 Å². The largest absolute Gasteiger partial charge is 0.507 e. The van der Waals surface area contributed by atoms with Crippen LogP contribution in [0.25, 0.3) is 11.0 Å². The summed E-state index contributed by atoms with van der Waals surface area (Å²) in [6.07, 6.45) is 0.180. The molecule has 3 aliphatic rings. The molecule has 0 amide bonds. The number of aromatic hydroxyl groups is 1. The molecule has 2 fully saturated rings. The summed E-state index contributed by atoms with van der Waals surface area (Å²) in [6, 6.07) is 4.59. The van der Waals surface area contributed by atoms with Gasteiger partial charge in [0.1, 0.15) is 22.7 Å². The minimum atomic E-state index is -0.660. The van der Waals surface area contributed by atoms with Gasteiger partial charge in [-0.3, -0.25) is 0 Å². The smallest absolute Gasteiger partial charge is 0.336 e. The Kier molecular flexibility index (Phi) is 2.37. The van der Waals surface area contributed by atoms with Crippen molar-refractivity contribution in [3.05, 3.63) is 34.2 Å². The van der Waals surface area contributed by atoms with Gasteiger partial charge in [-0.2, -0.15) is 0 Å². The highest BCUT2D eigenvalue weighted by atomic mass is 16.5. The lowest BCUT2D eigenvalue weighted by atomic mass is 9.45. The number of hydrogen-bond acceptors (Lipinski definition) is 5. The van der Waals surface area contributed by atoms with Gasteiger partial charge in [0.2, 0.25) is 0 Å². The molecule has 5 heteroatoms. The molecule has 2 heterocycles. The predicted octanol–water partition coefficient (Wildman–Crippen LogP) is 2.77. The number of benzene rings is 1. The molecule has 0 bridgehead atoms. The number of rotatable bonds is 0. The van der Waals surface area contributed by atoms with Crippen molar-refractivity contribution >= 4 is 11.0 Å². The normalized spacial score (nSPS) is 38.2. The molecule has 24 heavy (non-hydrogen) atoms. The average molecular weight is 328 g/mol. The maximum absolute atomic E-state index is 11.5. The third kappa shape index (κ3) is 1.39. The van der Waals surface area contributed by atoms with Crippen LogP contribution in [0.4, 0.5) is 0 Å². The molecule has 1 aromatic heterocycles.